The van der Waals surface area contributed by atoms with Crippen LogP contribution >= 0.6 is 15.9 Å². The largest absolute Gasteiger partial charge is 0.508 e. The van der Waals surface area contributed by atoms with Gasteiger partial charge in [-0.3, -0.25) is 10.1 Å². The first-order chi connectivity index (χ1) is 8.56. The van der Waals surface area contributed by atoms with Gasteiger partial charge >= 0.3 is 0 Å². The van der Waals surface area contributed by atoms with Crippen LogP contribution in [0.1, 0.15) is 0 Å². The van der Waals surface area contributed by atoms with E-state index in [0.29, 0.717) is 10.2 Å². The van der Waals surface area contributed by atoms with Crippen LogP contribution in [0.5, 0.6) is 17.4 Å². The fourth-order valence-corrected chi connectivity index (χ4v) is 1.63. The molecule has 0 amide bonds. The molecule has 1 aromatic heterocycles. The smallest absolute Gasteiger partial charge is 0.288 e. The number of hydrogen-bond acceptors (Lipinski definition) is 5. The third-order valence-electron chi connectivity index (χ3n) is 2.06. The summed E-state index contributed by atoms with van der Waals surface area (Å²) in [6, 6.07) is 7.36. The van der Waals surface area contributed by atoms with Crippen molar-refractivity contribution in [1.29, 1.82) is 0 Å². The first kappa shape index (κ1) is 12.3. The van der Waals surface area contributed by atoms with Crippen molar-refractivity contribution in [2.45, 2.75) is 0 Å². The van der Waals surface area contributed by atoms with E-state index in [1.807, 2.05) is 0 Å². The van der Waals surface area contributed by atoms with E-state index in [4.69, 9.17) is 9.84 Å². The fraction of sp³-hybridized carbons (Fsp3) is 0. The monoisotopic (exact) mass is 310 g/mol. The van der Waals surface area contributed by atoms with E-state index in [0.717, 1.165) is 6.20 Å². The van der Waals surface area contributed by atoms with Crippen LogP contribution in [0.4, 0.5) is 5.69 Å². The molecule has 1 N–H and O–H groups in total. The summed E-state index contributed by atoms with van der Waals surface area (Å²) in [6.45, 7) is 0. The van der Waals surface area contributed by atoms with Gasteiger partial charge in [-0.05, 0) is 40.2 Å². The molecule has 1 heterocycles. The lowest BCUT2D eigenvalue weighted by Gasteiger charge is -2.06. The molecule has 0 unspecified atom stereocenters. The van der Waals surface area contributed by atoms with Gasteiger partial charge in [0.2, 0.25) is 5.88 Å². The SMILES string of the molecule is O=[N+]([O-])c1cnc(Oc2ccc(O)cc2)c(Br)c1. The maximum atomic E-state index is 10.5. The van der Waals surface area contributed by atoms with Gasteiger partial charge in [0, 0.05) is 6.07 Å². The first-order valence-corrected chi connectivity index (χ1v) is 5.62. The maximum Gasteiger partial charge on any atom is 0.288 e. The van der Waals surface area contributed by atoms with E-state index in [2.05, 4.69) is 20.9 Å². The molecule has 0 fully saturated rings. The van der Waals surface area contributed by atoms with Crippen LogP contribution in [0.15, 0.2) is 41.0 Å². The van der Waals surface area contributed by atoms with Gasteiger partial charge in [-0.25, -0.2) is 4.98 Å². The van der Waals surface area contributed by atoms with E-state index in [1.54, 1.807) is 12.1 Å². The Morgan fingerprint density at radius 1 is 1.33 bits per heavy atom. The predicted octanol–water partition coefficient (Wildman–Crippen LogP) is 3.25. The van der Waals surface area contributed by atoms with Crippen LogP contribution in [-0.4, -0.2) is 15.0 Å². The normalized spacial score (nSPS) is 10.1. The number of phenols is 1. The van der Waals surface area contributed by atoms with Crippen LogP contribution in [0.3, 0.4) is 0 Å². The van der Waals surface area contributed by atoms with E-state index < -0.39 is 4.92 Å². The summed E-state index contributed by atoms with van der Waals surface area (Å²) in [6.07, 6.45) is 1.11. The molecule has 6 nitrogen and oxygen atoms in total. The van der Waals surface area contributed by atoms with E-state index in [9.17, 15) is 10.1 Å². The Balaban J connectivity index is 2.24. The topological polar surface area (TPSA) is 85.5 Å². The van der Waals surface area contributed by atoms with Crippen molar-refractivity contribution in [1.82, 2.24) is 4.98 Å². The molecule has 0 atom stereocenters. The highest BCUT2D eigenvalue weighted by Crippen LogP contribution is 2.30. The molecule has 7 heteroatoms. The number of phenolic OH excluding ortho intramolecular Hbond substituents is 1. The predicted molar refractivity (Wildman–Crippen MR) is 66.8 cm³/mol. The van der Waals surface area contributed by atoms with Crippen molar-refractivity contribution in [2.24, 2.45) is 0 Å². The van der Waals surface area contributed by atoms with Gasteiger partial charge in [0.25, 0.3) is 5.69 Å². The zero-order chi connectivity index (χ0) is 13.1. The molecule has 0 aliphatic heterocycles. The Kier molecular flexibility index (Phi) is 3.42. The third-order valence-corrected chi connectivity index (χ3v) is 2.62. The fourth-order valence-electron chi connectivity index (χ4n) is 1.22. The number of pyridine rings is 1. The molecule has 0 spiro atoms. The van der Waals surface area contributed by atoms with Gasteiger partial charge < -0.3 is 9.84 Å². The number of ether oxygens (including phenoxy) is 1. The Hall–Kier alpha value is -2.15. The van der Waals surface area contributed by atoms with Gasteiger partial charge in [0.15, 0.2) is 0 Å². The highest BCUT2D eigenvalue weighted by atomic mass is 79.9. The lowest BCUT2D eigenvalue weighted by atomic mass is 10.3. The number of nitrogens with zero attached hydrogens (tertiary/aromatic N) is 2. The molecular formula is C11H7BrN2O4. The van der Waals surface area contributed by atoms with Gasteiger partial charge in [-0.1, -0.05) is 0 Å². The van der Waals surface area contributed by atoms with Gasteiger partial charge in [-0.15, -0.1) is 0 Å². The minimum Gasteiger partial charge on any atom is -0.508 e. The summed E-state index contributed by atoms with van der Waals surface area (Å²) in [5.41, 5.74) is -0.125. The van der Waals surface area contributed by atoms with Crippen molar-refractivity contribution in [3.63, 3.8) is 0 Å². The summed E-state index contributed by atoms with van der Waals surface area (Å²) in [7, 11) is 0. The number of hydrogen-bond donors (Lipinski definition) is 1. The average Bonchev–Trinajstić information content (AvgIpc) is 2.34. The molecular weight excluding hydrogens is 304 g/mol. The number of aromatic nitrogens is 1. The minimum absolute atomic E-state index is 0.123. The molecule has 0 aliphatic carbocycles. The highest BCUT2D eigenvalue weighted by molar-refractivity contribution is 9.10. The van der Waals surface area contributed by atoms with Crippen molar-refractivity contribution in [2.75, 3.05) is 0 Å². The summed E-state index contributed by atoms with van der Waals surface area (Å²) in [4.78, 5) is 13.8. The average molecular weight is 311 g/mol. The molecule has 1 aromatic carbocycles. The molecule has 0 radical (unpaired) electrons. The Bertz CT molecular complexity index is 586. The Labute approximate surface area is 110 Å². The number of nitro groups is 1. The molecule has 0 aliphatic rings. The standard InChI is InChI=1S/C11H7BrN2O4/c12-10-5-7(14(16)17)6-13-11(10)18-9-3-1-8(15)2-4-9/h1-6,15H. The van der Waals surface area contributed by atoms with Crippen LogP contribution in [0.25, 0.3) is 0 Å². The van der Waals surface area contributed by atoms with Crippen molar-refractivity contribution in [3.05, 3.63) is 51.1 Å². The van der Waals surface area contributed by atoms with E-state index in [1.165, 1.54) is 18.2 Å². The molecule has 2 rings (SSSR count). The second kappa shape index (κ2) is 5.01. The van der Waals surface area contributed by atoms with Crippen molar-refractivity contribution < 1.29 is 14.8 Å². The third kappa shape index (κ3) is 2.75. The van der Waals surface area contributed by atoms with Gasteiger partial charge in [0.05, 0.1) is 9.40 Å². The van der Waals surface area contributed by atoms with E-state index in [-0.39, 0.29) is 17.3 Å². The number of benzene rings is 1. The van der Waals surface area contributed by atoms with Crippen LogP contribution < -0.4 is 4.74 Å². The number of rotatable bonds is 3. The van der Waals surface area contributed by atoms with Crippen LogP contribution in [0.2, 0.25) is 0 Å². The van der Waals surface area contributed by atoms with Crippen LogP contribution in [0, 0.1) is 10.1 Å². The van der Waals surface area contributed by atoms with Crippen LogP contribution in [-0.2, 0) is 0 Å². The Morgan fingerprint density at radius 2 is 2.00 bits per heavy atom. The first-order valence-electron chi connectivity index (χ1n) is 4.83. The van der Waals surface area contributed by atoms with E-state index >= 15 is 0 Å². The zero-order valence-corrected chi connectivity index (χ0v) is 10.5. The second-order valence-corrected chi connectivity index (χ2v) is 4.19. The maximum absolute atomic E-state index is 10.5. The molecule has 0 saturated carbocycles. The molecule has 0 saturated heterocycles. The van der Waals surface area contributed by atoms with Crippen molar-refractivity contribution >= 4 is 21.6 Å². The Morgan fingerprint density at radius 3 is 2.56 bits per heavy atom. The summed E-state index contributed by atoms with van der Waals surface area (Å²) in [5.74, 6) is 0.805. The summed E-state index contributed by atoms with van der Waals surface area (Å²) < 4.78 is 5.79. The minimum atomic E-state index is -0.540. The lowest BCUT2D eigenvalue weighted by Crippen LogP contribution is -1.93. The summed E-state index contributed by atoms with van der Waals surface area (Å²) in [5, 5.41) is 19.7. The highest BCUT2D eigenvalue weighted by Gasteiger charge is 2.12. The molecule has 2 aromatic rings. The molecule has 0 bridgehead atoms. The quantitative estimate of drug-likeness (QED) is 0.694. The zero-order valence-electron chi connectivity index (χ0n) is 8.91. The number of aromatic hydroxyl groups is 1. The lowest BCUT2D eigenvalue weighted by molar-refractivity contribution is -0.385. The van der Waals surface area contributed by atoms with Gasteiger partial charge in [-0.2, -0.15) is 0 Å². The number of halogens is 1. The summed E-state index contributed by atoms with van der Waals surface area (Å²) >= 11 is 3.15. The second-order valence-electron chi connectivity index (χ2n) is 3.33. The van der Waals surface area contributed by atoms with Gasteiger partial charge in [0.1, 0.15) is 17.7 Å². The molecule has 92 valence electrons. The van der Waals surface area contributed by atoms with Crippen molar-refractivity contribution in [3.8, 4) is 17.4 Å². The molecule has 18 heavy (non-hydrogen) atoms.